The number of hydrogen-bond acceptors (Lipinski definition) is 8. The lowest BCUT2D eigenvalue weighted by atomic mass is 9.91. The van der Waals surface area contributed by atoms with Gasteiger partial charge < -0.3 is 19.9 Å². The number of halogens is 2. The second kappa shape index (κ2) is 13.4. The molecule has 0 spiro atoms. The summed E-state index contributed by atoms with van der Waals surface area (Å²) in [6.07, 6.45) is 8.21. The Labute approximate surface area is 297 Å². The lowest BCUT2D eigenvalue weighted by molar-refractivity contribution is 0.101. The summed E-state index contributed by atoms with van der Waals surface area (Å²) < 4.78 is 32.5. The Hall–Kier alpha value is -5.24. The van der Waals surface area contributed by atoms with E-state index < -0.39 is 28.7 Å². The fourth-order valence-electron chi connectivity index (χ4n) is 7.58. The Morgan fingerprint density at radius 3 is 2.58 bits per heavy atom. The molecule has 0 atom stereocenters. The number of hydrogen-bond donors (Lipinski definition) is 3. The summed E-state index contributed by atoms with van der Waals surface area (Å²) in [5.41, 5.74) is 2.61. The highest BCUT2D eigenvalue weighted by Crippen LogP contribution is 2.36. The molecule has 2 fully saturated rings. The monoisotopic (exact) mass is 707 g/mol. The molecule has 0 unspecified atom stereocenters. The van der Waals surface area contributed by atoms with Crippen LogP contribution in [0, 0.1) is 11.6 Å². The zero-order valence-electron chi connectivity index (χ0n) is 28.7. The van der Waals surface area contributed by atoms with Gasteiger partial charge in [0.15, 0.2) is 5.65 Å². The van der Waals surface area contributed by atoms with Crippen LogP contribution >= 0.6 is 0 Å². The van der Waals surface area contributed by atoms with E-state index in [2.05, 4.69) is 15.3 Å². The summed E-state index contributed by atoms with van der Waals surface area (Å²) >= 11 is 0. The first-order valence-electron chi connectivity index (χ1n) is 17.6. The number of phenolic OH excluding ortho intramolecular Hbond substituents is 1. The summed E-state index contributed by atoms with van der Waals surface area (Å²) in [4.78, 5) is 39.1. The number of rotatable bonds is 10. The number of phenols is 1. The molecule has 4 aromatic heterocycles. The van der Waals surface area contributed by atoms with Gasteiger partial charge in [-0.2, -0.15) is 0 Å². The van der Waals surface area contributed by atoms with Crippen LogP contribution in [0.2, 0.25) is 0 Å². The third kappa shape index (κ3) is 6.74. The highest BCUT2D eigenvalue weighted by Gasteiger charge is 2.41. The Bertz CT molecular complexity index is 2430. The van der Waals surface area contributed by atoms with Crippen molar-refractivity contribution in [2.24, 2.45) is 0 Å². The molecule has 4 heterocycles. The van der Waals surface area contributed by atoms with Crippen molar-refractivity contribution in [3.63, 3.8) is 0 Å². The quantitative estimate of drug-likeness (QED) is 0.180. The molecule has 6 aromatic rings. The number of imidazole rings is 1. The van der Waals surface area contributed by atoms with Gasteiger partial charge in [-0.15, -0.1) is 0 Å². The number of fused-ring (bicyclic) bond motifs is 2. The standard InChI is InChI=1S/C39H39F2N7O4/c1-45(23-39(52)13-14-39)20-25-16-32(49)10-11-33(25)24-3-2-4-31(15-24)47-36-34(17-27(41)18-43-36)37(50)48(38(47)51)30-8-6-28(7-9-30)42-19-29-22-46-21-26(40)5-12-35(46)44-29/h2-5,10-12,15-18,21-22,28,30,42,49,52H,6-9,13-14,19-20,23H2,1H3/t28-,30+. The molecule has 11 nitrogen and oxygen atoms in total. The van der Waals surface area contributed by atoms with Crippen LogP contribution in [0.3, 0.4) is 0 Å². The van der Waals surface area contributed by atoms with Crippen molar-refractivity contribution < 1.29 is 19.0 Å². The summed E-state index contributed by atoms with van der Waals surface area (Å²) in [6.45, 7) is 1.47. The predicted molar refractivity (Wildman–Crippen MR) is 192 cm³/mol. The topological polar surface area (TPSA) is 130 Å². The van der Waals surface area contributed by atoms with Crippen LogP contribution in [0.25, 0.3) is 33.5 Å². The molecule has 2 aliphatic rings. The van der Waals surface area contributed by atoms with Crippen LogP contribution in [-0.2, 0) is 13.1 Å². The number of aromatic nitrogens is 5. The molecule has 2 aromatic carbocycles. The average molecular weight is 708 g/mol. The molecule has 268 valence electrons. The van der Waals surface area contributed by atoms with Gasteiger partial charge in [0.05, 0.1) is 28.6 Å². The van der Waals surface area contributed by atoms with Crippen molar-refractivity contribution in [2.75, 3.05) is 13.6 Å². The smallest absolute Gasteiger partial charge is 0.337 e. The van der Waals surface area contributed by atoms with E-state index in [0.29, 0.717) is 56.7 Å². The number of benzene rings is 2. The molecule has 0 bridgehead atoms. The normalized spacial score (nSPS) is 18.4. The highest BCUT2D eigenvalue weighted by molar-refractivity contribution is 5.77. The van der Waals surface area contributed by atoms with Gasteiger partial charge in [-0.25, -0.2) is 28.1 Å². The minimum absolute atomic E-state index is 0.0125. The summed E-state index contributed by atoms with van der Waals surface area (Å²) in [5, 5.41) is 24.4. The third-order valence-electron chi connectivity index (χ3n) is 10.3. The maximum Gasteiger partial charge on any atom is 0.337 e. The predicted octanol–water partition coefficient (Wildman–Crippen LogP) is 5.08. The Kier molecular flexibility index (Phi) is 8.72. The van der Waals surface area contributed by atoms with E-state index in [0.717, 1.165) is 47.5 Å². The molecular weight excluding hydrogens is 668 g/mol. The number of pyridine rings is 2. The number of nitrogens with one attached hydrogen (secondary N) is 1. The van der Waals surface area contributed by atoms with Gasteiger partial charge in [0.2, 0.25) is 0 Å². The minimum Gasteiger partial charge on any atom is -0.508 e. The van der Waals surface area contributed by atoms with Crippen LogP contribution in [0.4, 0.5) is 8.78 Å². The first-order valence-corrected chi connectivity index (χ1v) is 17.6. The first-order chi connectivity index (χ1) is 25.0. The van der Waals surface area contributed by atoms with E-state index >= 15 is 0 Å². The average Bonchev–Trinajstić information content (AvgIpc) is 3.70. The fraction of sp³-hybridized carbons (Fsp3) is 0.333. The summed E-state index contributed by atoms with van der Waals surface area (Å²) in [7, 11) is 1.92. The van der Waals surface area contributed by atoms with Crippen LogP contribution in [0.5, 0.6) is 5.75 Å². The molecule has 2 saturated carbocycles. The van der Waals surface area contributed by atoms with Crippen LogP contribution in [0.15, 0.2) is 88.8 Å². The van der Waals surface area contributed by atoms with Crippen molar-refractivity contribution in [1.82, 2.24) is 33.7 Å². The number of aliphatic hydroxyl groups is 1. The Morgan fingerprint density at radius 1 is 0.981 bits per heavy atom. The number of likely N-dealkylation sites (N-methyl/N-ethyl adjacent to an activating group) is 1. The zero-order valence-corrected chi connectivity index (χ0v) is 28.7. The molecule has 8 rings (SSSR count). The molecule has 0 saturated heterocycles. The number of aromatic hydroxyl groups is 1. The van der Waals surface area contributed by atoms with Crippen molar-refractivity contribution in [2.45, 2.75) is 69.3 Å². The zero-order chi connectivity index (χ0) is 36.1. The minimum atomic E-state index is -0.675. The molecule has 3 N–H and O–H groups in total. The molecule has 0 aliphatic heterocycles. The molecule has 13 heteroatoms. The van der Waals surface area contributed by atoms with Crippen molar-refractivity contribution >= 4 is 16.7 Å². The van der Waals surface area contributed by atoms with Crippen LogP contribution < -0.4 is 16.6 Å². The van der Waals surface area contributed by atoms with Gasteiger partial charge in [0.25, 0.3) is 5.56 Å². The lowest BCUT2D eigenvalue weighted by Gasteiger charge is -2.30. The molecule has 2 aliphatic carbocycles. The van der Waals surface area contributed by atoms with Crippen LogP contribution in [-0.4, -0.2) is 63.9 Å². The van der Waals surface area contributed by atoms with Gasteiger partial charge >= 0.3 is 5.69 Å². The Balaban J connectivity index is 1.08. The van der Waals surface area contributed by atoms with E-state index in [-0.39, 0.29) is 28.6 Å². The van der Waals surface area contributed by atoms with E-state index in [4.69, 9.17) is 0 Å². The molecule has 0 amide bonds. The summed E-state index contributed by atoms with van der Waals surface area (Å²) in [5.74, 6) is -0.898. The highest BCUT2D eigenvalue weighted by atomic mass is 19.1. The van der Waals surface area contributed by atoms with E-state index in [1.54, 1.807) is 34.9 Å². The largest absolute Gasteiger partial charge is 0.508 e. The summed E-state index contributed by atoms with van der Waals surface area (Å²) in [6, 6.07) is 16.3. The first kappa shape index (κ1) is 33.9. The van der Waals surface area contributed by atoms with Crippen molar-refractivity contribution in [3.8, 4) is 22.6 Å². The fourth-order valence-corrected chi connectivity index (χ4v) is 7.58. The van der Waals surface area contributed by atoms with Gasteiger partial charge in [-0.3, -0.25) is 14.3 Å². The van der Waals surface area contributed by atoms with Gasteiger partial charge in [0, 0.05) is 44.1 Å². The second-order valence-electron chi connectivity index (χ2n) is 14.3. The second-order valence-corrected chi connectivity index (χ2v) is 14.3. The van der Waals surface area contributed by atoms with Gasteiger partial charge in [-0.05, 0) is 105 Å². The van der Waals surface area contributed by atoms with Gasteiger partial charge in [-0.1, -0.05) is 18.2 Å². The molecule has 52 heavy (non-hydrogen) atoms. The van der Waals surface area contributed by atoms with Gasteiger partial charge in [0.1, 0.15) is 23.0 Å². The van der Waals surface area contributed by atoms with E-state index in [9.17, 15) is 28.6 Å². The van der Waals surface area contributed by atoms with Crippen molar-refractivity contribution in [3.05, 3.63) is 123 Å². The third-order valence-corrected chi connectivity index (χ3v) is 10.3. The maximum absolute atomic E-state index is 14.6. The van der Waals surface area contributed by atoms with Crippen molar-refractivity contribution in [1.29, 1.82) is 0 Å². The maximum atomic E-state index is 14.6. The number of nitrogens with zero attached hydrogens (tertiary/aromatic N) is 6. The molecular formula is C39H39F2N7O4. The van der Waals surface area contributed by atoms with E-state index in [1.165, 1.54) is 21.4 Å². The SMILES string of the molecule is CN(Cc1cc(O)ccc1-c1cccc(-n2c(=O)n([C@H]3CC[C@@H](NCc4cn5cc(F)ccc5n4)CC3)c(=O)c3cc(F)cnc32)c1)CC1(O)CC1. The van der Waals surface area contributed by atoms with E-state index in [1.807, 2.05) is 36.2 Å². The molecule has 0 radical (unpaired) electrons. The lowest BCUT2D eigenvalue weighted by Crippen LogP contribution is -2.44. The Morgan fingerprint density at radius 2 is 1.79 bits per heavy atom. The van der Waals surface area contributed by atoms with Crippen LogP contribution in [0.1, 0.15) is 55.8 Å².